The number of rotatable bonds is 10. The van der Waals surface area contributed by atoms with Crippen LogP contribution in [0.15, 0.2) is 24.3 Å². The van der Waals surface area contributed by atoms with Gasteiger partial charge in [-0.25, -0.2) is 9.59 Å². The Balaban J connectivity index is -0.000000416. The van der Waals surface area contributed by atoms with Crippen LogP contribution in [0.25, 0.3) is 0 Å². The molecule has 0 saturated carbocycles. The maximum atomic E-state index is 10.9. The maximum absolute atomic E-state index is 10.9. The van der Waals surface area contributed by atoms with Gasteiger partial charge in [-0.15, -0.1) is 0 Å². The molecule has 0 rings (SSSR count). The zero-order valence-corrected chi connectivity index (χ0v) is 17.7. The normalized spacial score (nSPS) is 14.1. The van der Waals surface area contributed by atoms with Gasteiger partial charge in [0, 0.05) is 30.6 Å². The molecule has 0 aliphatic carbocycles. The van der Waals surface area contributed by atoms with Crippen molar-refractivity contribution >= 4 is 26.7 Å². The van der Waals surface area contributed by atoms with Gasteiger partial charge in [0.25, 0.3) is 0 Å². The Morgan fingerprint density at radius 1 is 0.815 bits per heavy atom. The van der Waals surface area contributed by atoms with Gasteiger partial charge in [-0.1, -0.05) is 20.6 Å². The van der Waals surface area contributed by atoms with E-state index in [4.69, 9.17) is 14.5 Å². The molecule has 0 aromatic rings. The Bertz CT molecular complexity index is 586. The average Bonchev–Trinajstić information content (AvgIpc) is 2.44. The third-order valence-electron chi connectivity index (χ3n) is 2.64. The largest absolute Gasteiger partial charge is 0.462 e. The number of ether oxygens (including phenoxy) is 2. The van der Waals surface area contributed by atoms with Gasteiger partial charge in [0.2, 0.25) is 7.37 Å². The third-order valence-corrected chi connectivity index (χ3v) is 4.80. The molecule has 10 heteroatoms. The first-order chi connectivity index (χ1) is 11.7. The van der Waals surface area contributed by atoms with Gasteiger partial charge in [0.05, 0.1) is 12.8 Å². The zero-order chi connectivity index (χ0) is 21.0. The molecule has 160 valence electrons. The molecule has 0 aromatic heterocycles. The van der Waals surface area contributed by atoms with Gasteiger partial charge in [0.15, 0.2) is 7.37 Å². The lowest BCUT2D eigenvalue weighted by Gasteiger charge is -2.05. The molecule has 2 unspecified atom stereocenters. The van der Waals surface area contributed by atoms with Crippen molar-refractivity contribution in [1.29, 1.82) is 0 Å². The minimum atomic E-state index is -3.06. The smallest absolute Gasteiger partial charge is 0.333 e. The second kappa shape index (κ2) is 14.8. The molecular weight excluding hydrogens is 394 g/mol. The van der Waals surface area contributed by atoms with Gasteiger partial charge >= 0.3 is 11.9 Å². The number of hydrogen-bond acceptors (Lipinski definition) is 6. The number of esters is 2. The summed E-state index contributed by atoms with van der Waals surface area (Å²) in [5.41, 5.74) is 0.659. The minimum absolute atomic E-state index is 0. The molecule has 8 nitrogen and oxygen atoms in total. The van der Waals surface area contributed by atoms with Crippen molar-refractivity contribution in [2.75, 3.05) is 38.9 Å². The van der Waals surface area contributed by atoms with E-state index in [-0.39, 0.29) is 33.0 Å². The predicted octanol–water partition coefficient (Wildman–Crippen LogP) is 3.43. The van der Waals surface area contributed by atoms with E-state index in [1.807, 2.05) is 0 Å². The summed E-state index contributed by atoms with van der Waals surface area (Å²) in [6, 6.07) is 0. The van der Waals surface area contributed by atoms with Crippen molar-refractivity contribution in [3.63, 3.8) is 0 Å². The molecule has 2 N–H and O–H groups in total. The maximum Gasteiger partial charge on any atom is 0.333 e. The van der Waals surface area contributed by atoms with Crippen LogP contribution in [0.4, 0.5) is 0 Å². The summed E-state index contributed by atoms with van der Waals surface area (Å²) < 4.78 is 31.0. The predicted molar refractivity (Wildman–Crippen MR) is 109 cm³/mol. The van der Waals surface area contributed by atoms with E-state index in [0.29, 0.717) is 24.0 Å². The number of carbonyl (C=O) groups is 2. The van der Waals surface area contributed by atoms with Gasteiger partial charge in [0.1, 0.15) is 6.61 Å². The number of carbonyl (C=O) groups excluding carboxylic acids is 2. The highest BCUT2D eigenvalue weighted by Gasteiger charge is 2.11. The van der Waals surface area contributed by atoms with Crippen molar-refractivity contribution in [3.05, 3.63) is 24.3 Å². The summed E-state index contributed by atoms with van der Waals surface area (Å²) in [7, 11) is -5.97. The first-order valence-corrected chi connectivity index (χ1v) is 12.5. The topological polar surface area (TPSA) is 127 Å². The molecule has 0 bridgehead atoms. The lowest BCUT2D eigenvalue weighted by atomic mass is 10.3. The Labute approximate surface area is 162 Å². The van der Waals surface area contributed by atoms with Crippen molar-refractivity contribution in [2.24, 2.45) is 0 Å². The minimum Gasteiger partial charge on any atom is -0.462 e. The third kappa shape index (κ3) is 24.8. The average molecular weight is 428 g/mol. The van der Waals surface area contributed by atoms with Crippen molar-refractivity contribution in [1.82, 2.24) is 0 Å². The summed E-state index contributed by atoms with van der Waals surface area (Å²) in [6.07, 6.45) is 1.47. The molecule has 0 radical (unpaired) electrons. The Hall–Kier alpha value is -1.20. The second-order valence-electron chi connectivity index (χ2n) is 6.09. The van der Waals surface area contributed by atoms with Crippen molar-refractivity contribution < 1.29 is 38.0 Å². The second-order valence-corrected chi connectivity index (χ2v) is 11.2. The molecule has 0 heterocycles. The highest BCUT2D eigenvalue weighted by atomic mass is 31.2. The Morgan fingerprint density at radius 3 is 1.52 bits per heavy atom. The van der Waals surface area contributed by atoms with Crippen LogP contribution in [-0.2, 0) is 28.2 Å². The fourth-order valence-electron chi connectivity index (χ4n) is 1.23. The van der Waals surface area contributed by atoms with Crippen molar-refractivity contribution in [3.8, 4) is 0 Å². The SMILES string of the molecule is C.C=C(C)C(=O)OCCCCP(C)(=O)O.C=C(C)C(=O)OCCP(C)(=O)O. The number of unbranched alkanes of at least 4 members (excludes halogenated alkanes) is 1. The molecule has 2 atom stereocenters. The number of hydrogen-bond donors (Lipinski definition) is 2. The first-order valence-electron chi connectivity index (χ1n) is 7.89. The van der Waals surface area contributed by atoms with Crippen LogP contribution in [-0.4, -0.2) is 60.6 Å². The summed E-state index contributed by atoms with van der Waals surface area (Å²) in [5.74, 6) is -0.933. The first kappa shape index (κ1) is 30.5. The summed E-state index contributed by atoms with van der Waals surface area (Å²) in [6.45, 7) is 12.7. The summed E-state index contributed by atoms with van der Waals surface area (Å²) >= 11 is 0. The van der Waals surface area contributed by atoms with Crippen LogP contribution < -0.4 is 0 Å². The fraction of sp³-hybridized carbons (Fsp3) is 0.647. The van der Waals surface area contributed by atoms with Crippen molar-refractivity contribution in [2.45, 2.75) is 34.1 Å². The summed E-state index contributed by atoms with van der Waals surface area (Å²) in [5, 5.41) is 0. The van der Waals surface area contributed by atoms with E-state index in [0.717, 1.165) is 0 Å². The summed E-state index contributed by atoms with van der Waals surface area (Å²) in [4.78, 5) is 39.4. The van der Waals surface area contributed by atoms with E-state index in [2.05, 4.69) is 17.9 Å². The van der Waals surface area contributed by atoms with E-state index in [9.17, 15) is 18.7 Å². The van der Waals surface area contributed by atoms with Gasteiger partial charge in [-0.3, -0.25) is 9.13 Å². The van der Waals surface area contributed by atoms with Crippen LogP contribution in [0, 0.1) is 0 Å². The highest BCUT2D eigenvalue weighted by molar-refractivity contribution is 7.57. The fourth-order valence-corrected chi connectivity index (χ4v) is 2.47. The van der Waals surface area contributed by atoms with Gasteiger partial charge in [-0.05, 0) is 26.7 Å². The lowest BCUT2D eigenvalue weighted by molar-refractivity contribution is -0.139. The van der Waals surface area contributed by atoms with Crippen LogP contribution >= 0.6 is 14.7 Å². The molecular formula is C17H34O8P2. The molecule has 0 saturated heterocycles. The molecule has 27 heavy (non-hydrogen) atoms. The lowest BCUT2D eigenvalue weighted by Crippen LogP contribution is -2.08. The Morgan fingerprint density at radius 2 is 1.19 bits per heavy atom. The highest BCUT2D eigenvalue weighted by Crippen LogP contribution is 2.36. The molecule has 0 aliphatic heterocycles. The monoisotopic (exact) mass is 428 g/mol. The van der Waals surface area contributed by atoms with E-state index < -0.39 is 26.7 Å². The Kier molecular flexibility index (Phi) is 16.7. The molecule has 0 amide bonds. The zero-order valence-electron chi connectivity index (χ0n) is 15.9. The van der Waals surface area contributed by atoms with E-state index in [1.54, 1.807) is 6.92 Å². The van der Waals surface area contributed by atoms with Gasteiger partial charge in [-0.2, -0.15) is 0 Å². The van der Waals surface area contributed by atoms with Gasteiger partial charge < -0.3 is 19.3 Å². The standard InChI is InChI=1S/C9H17O4P.C7H13O4P.CH4/c1-8(2)9(10)13-6-4-5-7-14(3,11)12;1-6(2)7(8)11-4-5-12(3,9)10;/h1,4-7H2,2-3H3,(H,11,12);1,4-5H2,2-3H3,(H,9,10);1H4. The van der Waals surface area contributed by atoms with E-state index >= 15 is 0 Å². The molecule has 0 spiro atoms. The quantitative estimate of drug-likeness (QED) is 0.234. The van der Waals surface area contributed by atoms with E-state index in [1.165, 1.54) is 20.3 Å². The van der Waals surface area contributed by atoms with Crippen LogP contribution in [0.1, 0.15) is 34.1 Å². The molecule has 0 aliphatic rings. The molecule has 0 fully saturated rings. The van der Waals surface area contributed by atoms with Crippen LogP contribution in [0.2, 0.25) is 0 Å². The molecule has 0 aromatic carbocycles. The van der Waals surface area contributed by atoms with Crippen LogP contribution in [0.5, 0.6) is 0 Å². The van der Waals surface area contributed by atoms with Crippen LogP contribution in [0.3, 0.4) is 0 Å².